The van der Waals surface area contributed by atoms with E-state index < -0.39 is 5.60 Å². The van der Waals surface area contributed by atoms with Gasteiger partial charge >= 0.3 is 5.97 Å². The van der Waals surface area contributed by atoms with Crippen molar-refractivity contribution in [3.05, 3.63) is 25.3 Å². The molecule has 6 atom stereocenters. The van der Waals surface area contributed by atoms with Crippen molar-refractivity contribution in [1.29, 1.82) is 0 Å². The van der Waals surface area contributed by atoms with Crippen LogP contribution in [0.5, 0.6) is 0 Å². The van der Waals surface area contributed by atoms with Crippen molar-refractivity contribution in [3.63, 3.8) is 0 Å². The lowest BCUT2D eigenvalue weighted by atomic mass is 9.44. The number of carbonyl (C=O) groups is 1. The van der Waals surface area contributed by atoms with Crippen molar-refractivity contribution in [2.24, 2.45) is 29.1 Å². The van der Waals surface area contributed by atoms with Gasteiger partial charge in [-0.25, -0.2) is 0 Å². The Morgan fingerprint density at radius 2 is 2.17 bits per heavy atom. The Morgan fingerprint density at radius 1 is 1.44 bits per heavy atom. The molecule has 98 valence electrons. The molecule has 0 aromatic heterocycles. The highest BCUT2D eigenvalue weighted by molar-refractivity contribution is 5.84. The first-order valence-electron chi connectivity index (χ1n) is 7.10. The molecule has 3 aliphatic rings. The summed E-state index contributed by atoms with van der Waals surface area (Å²) in [4.78, 5) is 12.4. The molecule has 2 nitrogen and oxygen atoms in total. The van der Waals surface area contributed by atoms with E-state index in [1.165, 1.54) is 0 Å². The zero-order valence-corrected chi connectivity index (χ0v) is 11.3. The Kier molecular flexibility index (Phi) is 2.33. The molecule has 0 aromatic carbocycles. The van der Waals surface area contributed by atoms with Crippen molar-refractivity contribution in [2.75, 3.05) is 0 Å². The molecule has 0 spiro atoms. The van der Waals surface area contributed by atoms with Crippen molar-refractivity contribution < 1.29 is 9.53 Å². The maximum Gasteiger partial charge on any atom is 0.313 e. The quantitative estimate of drug-likeness (QED) is 0.561. The van der Waals surface area contributed by atoms with Gasteiger partial charge in [0.05, 0.1) is 5.41 Å². The summed E-state index contributed by atoms with van der Waals surface area (Å²) in [6.07, 6.45) is 6.78. The minimum Gasteiger partial charge on any atom is -0.454 e. The van der Waals surface area contributed by atoms with Gasteiger partial charge in [0.1, 0.15) is 5.60 Å². The highest BCUT2D eigenvalue weighted by atomic mass is 16.6. The van der Waals surface area contributed by atoms with Gasteiger partial charge in [-0.15, -0.1) is 6.58 Å². The van der Waals surface area contributed by atoms with E-state index in [1.807, 2.05) is 6.08 Å². The Hall–Kier alpha value is -1.05. The van der Waals surface area contributed by atoms with Crippen molar-refractivity contribution in [3.8, 4) is 0 Å². The predicted molar refractivity (Wildman–Crippen MR) is 70.8 cm³/mol. The van der Waals surface area contributed by atoms with Crippen LogP contribution in [-0.4, -0.2) is 11.6 Å². The van der Waals surface area contributed by atoms with Gasteiger partial charge in [-0.05, 0) is 36.7 Å². The predicted octanol–water partition coefficient (Wildman–Crippen LogP) is 3.34. The molecule has 1 aliphatic heterocycles. The zero-order valence-electron chi connectivity index (χ0n) is 11.3. The van der Waals surface area contributed by atoms with Gasteiger partial charge in [0.25, 0.3) is 0 Å². The third-order valence-electron chi connectivity index (χ3n) is 5.98. The molecule has 18 heavy (non-hydrogen) atoms. The largest absolute Gasteiger partial charge is 0.454 e. The fourth-order valence-corrected chi connectivity index (χ4v) is 5.38. The van der Waals surface area contributed by atoms with Gasteiger partial charge in [-0.1, -0.05) is 32.9 Å². The molecule has 0 radical (unpaired) electrons. The van der Waals surface area contributed by atoms with Crippen LogP contribution in [-0.2, 0) is 9.53 Å². The smallest absolute Gasteiger partial charge is 0.313 e. The third-order valence-corrected chi connectivity index (χ3v) is 5.98. The van der Waals surface area contributed by atoms with Crippen LogP contribution in [0.4, 0.5) is 0 Å². The second-order valence-corrected chi connectivity index (χ2v) is 6.12. The lowest BCUT2D eigenvalue weighted by Crippen LogP contribution is -2.59. The van der Waals surface area contributed by atoms with Crippen LogP contribution in [0.25, 0.3) is 0 Å². The molecule has 0 bridgehead atoms. The molecule has 3 fully saturated rings. The number of rotatable bonds is 4. The first-order chi connectivity index (χ1) is 8.61. The number of allylic oxidation sites excluding steroid dienone is 1. The highest BCUT2D eigenvalue weighted by Crippen LogP contribution is 2.75. The molecule has 0 amide bonds. The SMILES string of the molecule is C=C[C@@H]1C[C@@]2(C=C)OC(=O)[C@@]3(CC)[C@H](CC)[C@@H]1[C@H]32. The molecule has 0 unspecified atom stereocenters. The maximum atomic E-state index is 12.4. The summed E-state index contributed by atoms with van der Waals surface area (Å²) in [5.74, 6) is 1.88. The summed E-state index contributed by atoms with van der Waals surface area (Å²) in [6, 6.07) is 0. The zero-order chi connectivity index (χ0) is 13.1. The van der Waals surface area contributed by atoms with E-state index in [4.69, 9.17) is 4.74 Å². The fourth-order valence-electron chi connectivity index (χ4n) is 5.38. The molecule has 2 aliphatic carbocycles. The second-order valence-electron chi connectivity index (χ2n) is 6.12. The van der Waals surface area contributed by atoms with E-state index in [9.17, 15) is 4.79 Å². The standard InChI is InChI=1S/C16H22O2/c1-5-10-9-15(7-3)13-12(10)11(6-2)16(13,8-4)14(17)18-15/h5,7,10-13H,1,3,6,8-9H2,2,4H3/t10-,11-,12-,13+,15-,16+/m1/s1. The van der Waals surface area contributed by atoms with E-state index in [2.05, 4.69) is 33.1 Å². The van der Waals surface area contributed by atoms with E-state index >= 15 is 0 Å². The topological polar surface area (TPSA) is 26.3 Å². The van der Waals surface area contributed by atoms with Crippen molar-refractivity contribution in [1.82, 2.24) is 0 Å². The molecule has 1 heterocycles. The van der Waals surface area contributed by atoms with Crippen LogP contribution in [0.2, 0.25) is 0 Å². The van der Waals surface area contributed by atoms with E-state index in [0.717, 1.165) is 19.3 Å². The maximum absolute atomic E-state index is 12.4. The summed E-state index contributed by atoms with van der Waals surface area (Å²) in [5.41, 5.74) is -0.631. The van der Waals surface area contributed by atoms with Crippen LogP contribution >= 0.6 is 0 Å². The molecule has 1 saturated heterocycles. The minimum absolute atomic E-state index is 0.0283. The van der Waals surface area contributed by atoms with Crippen molar-refractivity contribution >= 4 is 5.97 Å². The Labute approximate surface area is 109 Å². The van der Waals surface area contributed by atoms with E-state index in [0.29, 0.717) is 23.7 Å². The third kappa shape index (κ3) is 0.964. The molecule has 3 rings (SSSR count). The van der Waals surface area contributed by atoms with Gasteiger partial charge in [0, 0.05) is 5.92 Å². The summed E-state index contributed by atoms with van der Waals surface area (Å²) >= 11 is 0. The molecule has 0 N–H and O–H groups in total. The first-order valence-corrected chi connectivity index (χ1v) is 7.10. The molecular formula is C16H22O2. The Balaban J connectivity index is 2.11. The highest BCUT2D eigenvalue weighted by Gasteiger charge is 2.80. The minimum atomic E-state index is -0.401. The Morgan fingerprint density at radius 3 is 2.67 bits per heavy atom. The summed E-state index contributed by atoms with van der Waals surface area (Å²) in [5, 5.41) is 0. The lowest BCUT2D eigenvalue weighted by Gasteiger charge is -2.55. The summed E-state index contributed by atoms with van der Waals surface area (Å²) in [6.45, 7) is 12.2. The summed E-state index contributed by atoms with van der Waals surface area (Å²) in [7, 11) is 0. The molecule has 2 saturated carbocycles. The first kappa shape index (κ1) is 12.0. The fraction of sp³-hybridized carbons (Fsp3) is 0.688. The van der Waals surface area contributed by atoms with E-state index in [1.54, 1.807) is 0 Å². The Bertz CT molecular complexity index is 427. The van der Waals surface area contributed by atoms with Crippen LogP contribution < -0.4 is 0 Å². The normalized spacial score (nSPS) is 52.4. The molecular weight excluding hydrogens is 224 g/mol. The van der Waals surface area contributed by atoms with Gasteiger partial charge < -0.3 is 4.74 Å². The number of carbonyl (C=O) groups excluding carboxylic acids is 1. The van der Waals surface area contributed by atoms with Gasteiger partial charge in [-0.3, -0.25) is 4.79 Å². The van der Waals surface area contributed by atoms with Gasteiger partial charge in [0.15, 0.2) is 0 Å². The van der Waals surface area contributed by atoms with Crippen LogP contribution in [0, 0.1) is 29.1 Å². The number of esters is 1. The number of hydrogen-bond acceptors (Lipinski definition) is 2. The van der Waals surface area contributed by atoms with Gasteiger partial charge in [0.2, 0.25) is 0 Å². The average Bonchev–Trinajstić information content (AvgIpc) is 2.73. The van der Waals surface area contributed by atoms with Crippen LogP contribution in [0.1, 0.15) is 33.1 Å². The van der Waals surface area contributed by atoms with Crippen molar-refractivity contribution in [2.45, 2.75) is 38.7 Å². The van der Waals surface area contributed by atoms with Crippen LogP contribution in [0.3, 0.4) is 0 Å². The summed E-state index contributed by atoms with van der Waals surface area (Å²) < 4.78 is 5.83. The molecule has 0 aromatic rings. The van der Waals surface area contributed by atoms with Gasteiger partial charge in [-0.2, -0.15) is 0 Å². The monoisotopic (exact) mass is 246 g/mol. The van der Waals surface area contributed by atoms with Crippen LogP contribution in [0.15, 0.2) is 25.3 Å². The number of ether oxygens (including phenoxy) is 1. The second kappa shape index (κ2) is 3.49. The average molecular weight is 246 g/mol. The lowest BCUT2D eigenvalue weighted by molar-refractivity contribution is -0.166. The van der Waals surface area contributed by atoms with E-state index in [-0.39, 0.29) is 11.4 Å². The molecule has 2 heteroatoms. The number of hydrogen-bond donors (Lipinski definition) is 0.